The minimum absolute atomic E-state index is 0.0895. The Bertz CT molecular complexity index is 430. The van der Waals surface area contributed by atoms with E-state index in [1.807, 2.05) is 6.92 Å². The summed E-state index contributed by atoms with van der Waals surface area (Å²) in [6.45, 7) is 19.3. The first-order valence-electron chi connectivity index (χ1n) is 10.2. The summed E-state index contributed by atoms with van der Waals surface area (Å²) in [6.07, 6.45) is 0.745. The van der Waals surface area contributed by atoms with E-state index in [-0.39, 0.29) is 5.91 Å². The lowest BCUT2D eigenvalue weighted by molar-refractivity contribution is -0.153. The number of aliphatic hydroxyl groups excluding tert-OH is 1. The number of ether oxygens (including phenoxy) is 1. The average molecular weight is 402 g/mol. The molecule has 6 heteroatoms. The Morgan fingerprint density at radius 1 is 1.11 bits per heavy atom. The molecular formula is C21H43NO4Si. The van der Waals surface area contributed by atoms with Gasteiger partial charge >= 0.3 is 0 Å². The van der Waals surface area contributed by atoms with Gasteiger partial charge in [-0.1, -0.05) is 54.5 Å². The molecule has 0 saturated heterocycles. The molecule has 1 N–H and O–H groups in total. The number of nitrogens with zero attached hydrogens (tertiary/aromatic N) is 1. The maximum absolute atomic E-state index is 12.4. The van der Waals surface area contributed by atoms with Gasteiger partial charge in [0.25, 0.3) is 5.91 Å². The molecule has 0 aliphatic rings. The number of hydrogen-bond acceptors (Lipinski definition) is 4. The zero-order valence-electron chi connectivity index (χ0n) is 19.0. The smallest absolute Gasteiger partial charge is 0.251 e. The molecule has 0 heterocycles. The van der Waals surface area contributed by atoms with Crippen LogP contribution >= 0.6 is 0 Å². The van der Waals surface area contributed by atoms with Gasteiger partial charge in [0.1, 0.15) is 12.2 Å². The quantitative estimate of drug-likeness (QED) is 0.368. The van der Waals surface area contributed by atoms with Crippen molar-refractivity contribution in [1.82, 2.24) is 4.90 Å². The van der Waals surface area contributed by atoms with Crippen LogP contribution in [-0.2, 0) is 14.0 Å². The van der Waals surface area contributed by atoms with Crippen molar-refractivity contribution >= 4 is 14.2 Å². The lowest BCUT2D eigenvalue weighted by atomic mass is 10.1. The summed E-state index contributed by atoms with van der Waals surface area (Å²) < 4.78 is 12.7. The van der Waals surface area contributed by atoms with Crippen molar-refractivity contribution in [3.8, 4) is 0 Å². The van der Waals surface area contributed by atoms with Crippen LogP contribution in [0.1, 0.15) is 61.3 Å². The molecule has 5 nitrogen and oxygen atoms in total. The molecule has 0 bridgehead atoms. The summed E-state index contributed by atoms with van der Waals surface area (Å²) in [4.78, 5) is 13.9. The Kier molecular flexibility index (Phi) is 11.7. The molecule has 0 spiro atoms. The van der Waals surface area contributed by atoms with Crippen LogP contribution in [0.25, 0.3) is 0 Å². The summed E-state index contributed by atoms with van der Waals surface area (Å²) in [5, 5.41) is 10.6. The first-order valence-corrected chi connectivity index (χ1v) is 12.4. The fourth-order valence-corrected chi connectivity index (χ4v) is 9.57. The number of hydrogen-bond donors (Lipinski definition) is 1. The van der Waals surface area contributed by atoms with Crippen molar-refractivity contribution in [2.45, 2.75) is 96.2 Å². The summed E-state index contributed by atoms with van der Waals surface area (Å²) in [6, 6.07) is 0. The van der Waals surface area contributed by atoms with E-state index in [9.17, 15) is 9.90 Å². The molecule has 0 fully saturated rings. The van der Waals surface area contributed by atoms with Gasteiger partial charge in [-0.3, -0.25) is 4.79 Å². The highest BCUT2D eigenvalue weighted by Gasteiger charge is 2.46. The van der Waals surface area contributed by atoms with Crippen LogP contribution in [0, 0.1) is 0 Å². The van der Waals surface area contributed by atoms with Gasteiger partial charge in [0.15, 0.2) is 8.32 Å². The van der Waals surface area contributed by atoms with E-state index < -0.39 is 26.6 Å². The molecule has 0 aliphatic heterocycles. The fourth-order valence-electron chi connectivity index (χ4n) is 4.12. The van der Waals surface area contributed by atoms with Gasteiger partial charge in [-0.05, 0) is 29.5 Å². The molecule has 0 radical (unpaired) electrons. The zero-order chi connectivity index (χ0) is 21.4. The van der Waals surface area contributed by atoms with Crippen LogP contribution in [0.15, 0.2) is 12.7 Å². The number of amides is 1. The normalized spacial score (nSPS) is 15.9. The largest absolute Gasteiger partial charge is 0.413 e. The van der Waals surface area contributed by atoms with E-state index >= 15 is 0 Å². The monoisotopic (exact) mass is 401 g/mol. The third-order valence-electron chi connectivity index (χ3n) is 5.47. The topological polar surface area (TPSA) is 59.0 Å². The van der Waals surface area contributed by atoms with Gasteiger partial charge in [-0.2, -0.15) is 0 Å². The molecule has 0 rings (SSSR count). The third kappa shape index (κ3) is 7.00. The Morgan fingerprint density at radius 3 is 1.93 bits per heavy atom. The predicted molar refractivity (Wildman–Crippen MR) is 115 cm³/mol. The number of carbonyl (C=O) groups excluding carboxylic acids is 1. The minimum Gasteiger partial charge on any atom is -0.413 e. The molecule has 0 aromatic heterocycles. The van der Waals surface area contributed by atoms with Gasteiger partial charge in [-0.25, -0.2) is 0 Å². The van der Waals surface area contributed by atoms with Gasteiger partial charge in [0, 0.05) is 14.1 Å². The number of carbonyl (C=O) groups is 1. The second-order valence-corrected chi connectivity index (χ2v) is 14.0. The van der Waals surface area contributed by atoms with E-state index in [1.165, 1.54) is 4.90 Å². The van der Waals surface area contributed by atoms with Gasteiger partial charge in [-0.15, -0.1) is 6.58 Å². The van der Waals surface area contributed by atoms with Crippen molar-refractivity contribution < 1.29 is 19.1 Å². The molecule has 160 valence electrons. The summed E-state index contributed by atoms with van der Waals surface area (Å²) in [5.74, 6) is -0.0895. The van der Waals surface area contributed by atoms with Gasteiger partial charge in [0.05, 0.1) is 12.7 Å². The molecule has 0 unspecified atom stereocenters. The van der Waals surface area contributed by atoms with Crippen LogP contribution in [0.4, 0.5) is 0 Å². The van der Waals surface area contributed by atoms with E-state index in [0.717, 1.165) is 0 Å². The maximum Gasteiger partial charge on any atom is 0.251 e. The van der Waals surface area contributed by atoms with E-state index in [2.05, 4.69) is 48.1 Å². The molecule has 0 aromatic rings. The fraction of sp³-hybridized carbons (Fsp3) is 0.857. The second kappa shape index (κ2) is 12.0. The van der Waals surface area contributed by atoms with E-state index in [4.69, 9.17) is 9.16 Å². The standard InChI is InChI=1S/C21H43NO4Si/c1-11-13-18(23)20(26-19(12-2)21(24)22(9)10)14-25-27(15(3)4,16(5)6)17(7)8/h11,15-20,23H,1,12-14H2,2-10H3/t18-,19-,20-/m0/s1. The number of likely N-dealkylation sites (N-methyl/N-ethyl adjacent to an activating group) is 1. The van der Waals surface area contributed by atoms with Crippen LogP contribution in [0.2, 0.25) is 16.6 Å². The SMILES string of the molecule is C=CC[C@H](O)[C@H](CO[Si](C(C)C)(C(C)C)C(C)C)O[C@@H](CC)C(=O)N(C)C. The number of rotatable bonds is 13. The lowest BCUT2D eigenvalue weighted by Crippen LogP contribution is -2.51. The minimum atomic E-state index is -2.08. The average Bonchev–Trinajstić information content (AvgIpc) is 2.56. The third-order valence-corrected chi connectivity index (χ3v) is 11.5. The summed E-state index contributed by atoms with van der Waals surface area (Å²) in [5.41, 5.74) is 1.33. The lowest BCUT2D eigenvalue weighted by Gasteiger charge is -2.43. The van der Waals surface area contributed by atoms with E-state index in [1.54, 1.807) is 20.2 Å². The van der Waals surface area contributed by atoms with Crippen molar-refractivity contribution in [3.05, 3.63) is 12.7 Å². The van der Waals surface area contributed by atoms with E-state index in [0.29, 0.717) is 36.1 Å². The highest BCUT2D eigenvalue weighted by molar-refractivity contribution is 6.77. The molecule has 0 saturated carbocycles. The van der Waals surface area contributed by atoms with Crippen molar-refractivity contribution in [1.29, 1.82) is 0 Å². The Balaban J connectivity index is 5.53. The Labute approximate surface area is 168 Å². The molecule has 0 aromatic carbocycles. The first kappa shape index (κ1) is 26.3. The molecule has 27 heavy (non-hydrogen) atoms. The van der Waals surface area contributed by atoms with Crippen LogP contribution < -0.4 is 0 Å². The van der Waals surface area contributed by atoms with Crippen molar-refractivity contribution in [2.75, 3.05) is 20.7 Å². The predicted octanol–water partition coefficient (Wildman–Crippen LogP) is 4.37. The van der Waals surface area contributed by atoms with Crippen molar-refractivity contribution in [3.63, 3.8) is 0 Å². The zero-order valence-corrected chi connectivity index (χ0v) is 20.0. The highest BCUT2D eigenvalue weighted by Crippen LogP contribution is 2.42. The van der Waals surface area contributed by atoms with Crippen LogP contribution in [0.5, 0.6) is 0 Å². The maximum atomic E-state index is 12.4. The van der Waals surface area contributed by atoms with Crippen LogP contribution in [-0.4, -0.2) is 63.2 Å². The molecular weight excluding hydrogens is 358 g/mol. The Morgan fingerprint density at radius 2 is 1.59 bits per heavy atom. The number of aliphatic hydroxyl groups is 1. The van der Waals surface area contributed by atoms with Crippen molar-refractivity contribution in [2.24, 2.45) is 0 Å². The molecule has 0 aliphatic carbocycles. The first-order chi connectivity index (χ1) is 12.4. The second-order valence-electron chi connectivity index (χ2n) is 8.52. The summed E-state index contributed by atoms with van der Waals surface area (Å²) in [7, 11) is 1.35. The molecule has 1 amide bonds. The van der Waals surface area contributed by atoms with Crippen LogP contribution in [0.3, 0.4) is 0 Å². The summed E-state index contributed by atoms with van der Waals surface area (Å²) >= 11 is 0. The highest BCUT2D eigenvalue weighted by atomic mass is 28.4. The Hall–Kier alpha value is -0.693. The van der Waals surface area contributed by atoms with Gasteiger partial charge < -0.3 is 19.2 Å². The van der Waals surface area contributed by atoms with Gasteiger partial charge in [0.2, 0.25) is 0 Å². The molecule has 3 atom stereocenters.